The highest BCUT2D eigenvalue weighted by Gasteiger charge is 2.18. The van der Waals surface area contributed by atoms with Gasteiger partial charge < -0.3 is 10.3 Å². The zero-order valence-electron chi connectivity index (χ0n) is 14.2. The lowest BCUT2D eigenvalue weighted by Crippen LogP contribution is -2.14. The summed E-state index contributed by atoms with van der Waals surface area (Å²) in [6, 6.07) is 3.22. The van der Waals surface area contributed by atoms with Gasteiger partial charge in [0, 0.05) is 0 Å². The predicted octanol–water partition coefficient (Wildman–Crippen LogP) is 5.13. The van der Waals surface area contributed by atoms with E-state index in [4.69, 9.17) is 23.2 Å². The smallest absolute Gasteiger partial charge is 0.258 e. The lowest BCUT2D eigenvalue weighted by atomic mass is 10.2. The van der Waals surface area contributed by atoms with Crippen LogP contribution in [-0.2, 0) is 4.79 Å². The molecule has 10 heteroatoms. The van der Waals surface area contributed by atoms with E-state index in [1.165, 1.54) is 6.20 Å². The van der Waals surface area contributed by atoms with Gasteiger partial charge in [0.25, 0.3) is 5.91 Å². The number of halogens is 4. The molecule has 28 heavy (non-hydrogen) atoms. The summed E-state index contributed by atoms with van der Waals surface area (Å²) < 4.78 is 25.9. The predicted molar refractivity (Wildman–Crippen MR) is 106 cm³/mol. The number of alkyl halides is 1. The molecule has 0 unspecified atom stereocenters. The standard InChI is InChI=1S/C18H13Cl2F2N5O/c1-9(12(22)4-2-3-5-21)18(28)26-15-8-23-27-16(15)17-24-13-6-10(19)11(20)7-14(13)25-17/h2-4,6-8H,1,5H2,(H,23,27)(H,24,25)(H,26,28)/b3-2-,12-4+. The molecule has 0 atom stereocenters. The van der Waals surface area contributed by atoms with Crippen LogP contribution < -0.4 is 5.32 Å². The molecule has 0 saturated heterocycles. The highest BCUT2D eigenvalue weighted by Crippen LogP contribution is 2.30. The highest BCUT2D eigenvalue weighted by molar-refractivity contribution is 6.42. The number of anilines is 1. The number of hydrogen-bond donors (Lipinski definition) is 3. The first kappa shape index (κ1) is 19.8. The number of benzene rings is 1. The van der Waals surface area contributed by atoms with E-state index < -0.39 is 24.0 Å². The van der Waals surface area contributed by atoms with Gasteiger partial charge in [0.1, 0.15) is 18.2 Å². The monoisotopic (exact) mass is 423 g/mol. The van der Waals surface area contributed by atoms with Gasteiger partial charge in [0.15, 0.2) is 5.82 Å². The summed E-state index contributed by atoms with van der Waals surface area (Å²) >= 11 is 12.0. The Hall–Kier alpha value is -2.97. The fourth-order valence-electron chi connectivity index (χ4n) is 2.30. The number of nitrogens with zero attached hydrogens (tertiary/aromatic N) is 2. The van der Waals surface area contributed by atoms with Crippen molar-refractivity contribution in [2.75, 3.05) is 12.0 Å². The number of carbonyl (C=O) groups excluding carboxylic acids is 1. The minimum Gasteiger partial charge on any atom is -0.337 e. The van der Waals surface area contributed by atoms with Crippen LogP contribution in [-0.4, -0.2) is 32.7 Å². The lowest BCUT2D eigenvalue weighted by molar-refractivity contribution is -0.112. The van der Waals surface area contributed by atoms with E-state index in [1.54, 1.807) is 12.1 Å². The van der Waals surface area contributed by atoms with E-state index in [0.29, 0.717) is 32.6 Å². The molecule has 6 nitrogen and oxygen atoms in total. The summed E-state index contributed by atoms with van der Waals surface area (Å²) in [6.45, 7) is 2.66. The zero-order valence-corrected chi connectivity index (χ0v) is 15.7. The average Bonchev–Trinajstić information content (AvgIpc) is 3.28. The summed E-state index contributed by atoms with van der Waals surface area (Å²) in [7, 11) is 0. The van der Waals surface area contributed by atoms with Crippen LogP contribution in [0.4, 0.5) is 14.5 Å². The molecule has 0 radical (unpaired) electrons. The van der Waals surface area contributed by atoms with Crippen molar-refractivity contribution in [1.29, 1.82) is 0 Å². The van der Waals surface area contributed by atoms with Gasteiger partial charge in [-0.3, -0.25) is 9.89 Å². The number of imidazole rings is 1. The third-order valence-corrected chi connectivity index (χ3v) is 4.40. The van der Waals surface area contributed by atoms with E-state index in [0.717, 1.165) is 18.2 Å². The Morgan fingerprint density at radius 1 is 1.32 bits per heavy atom. The number of amides is 1. The minimum absolute atomic E-state index is 0.259. The summed E-state index contributed by atoms with van der Waals surface area (Å²) in [5, 5.41) is 9.81. The third-order valence-electron chi connectivity index (χ3n) is 3.68. The Balaban J connectivity index is 1.84. The number of fused-ring (bicyclic) bond motifs is 1. The Labute approximate surface area is 167 Å². The maximum absolute atomic E-state index is 13.9. The Morgan fingerprint density at radius 3 is 2.82 bits per heavy atom. The molecule has 0 fully saturated rings. The summed E-state index contributed by atoms with van der Waals surface area (Å²) in [6.07, 6.45) is 4.55. The van der Waals surface area contributed by atoms with Gasteiger partial charge in [-0.2, -0.15) is 5.10 Å². The highest BCUT2D eigenvalue weighted by atomic mass is 35.5. The molecule has 2 heterocycles. The maximum atomic E-state index is 13.9. The number of nitrogens with one attached hydrogen (secondary N) is 3. The van der Waals surface area contributed by atoms with E-state index in [9.17, 15) is 13.6 Å². The van der Waals surface area contributed by atoms with Crippen molar-refractivity contribution in [3.8, 4) is 11.5 Å². The average molecular weight is 424 g/mol. The zero-order chi connectivity index (χ0) is 20.3. The molecule has 0 aliphatic carbocycles. The molecule has 1 aromatic carbocycles. The summed E-state index contributed by atoms with van der Waals surface area (Å²) in [5.74, 6) is -1.30. The third kappa shape index (κ3) is 4.13. The van der Waals surface area contributed by atoms with Crippen LogP contribution in [0.2, 0.25) is 10.0 Å². The Kier molecular flexibility index (Phi) is 5.91. The van der Waals surface area contributed by atoms with Crippen molar-refractivity contribution in [3.63, 3.8) is 0 Å². The van der Waals surface area contributed by atoms with Gasteiger partial charge in [0.2, 0.25) is 0 Å². The molecular weight excluding hydrogens is 411 g/mol. The molecule has 3 N–H and O–H groups in total. The first-order valence-electron chi connectivity index (χ1n) is 7.88. The van der Waals surface area contributed by atoms with Crippen molar-refractivity contribution in [1.82, 2.24) is 20.2 Å². The van der Waals surface area contributed by atoms with Crippen LogP contribution in [0.5, 0.6) is 0 Å². The molecule has 3 aromatic rings. The largest absolute Gasteiger partial charge is 0.337 e. The molecular formula is C18H13Cl2F2N5O. The first-order valence-corrected chi connectivity index (χ1v) is 8.63. The SMILES string of the molecule is C=C(C(=O)Nc1cn[nH]c1-c1nc2cc(Cl)c(Cl)cc2[nH]1)/C(F)=C\C=C/CF. The van der Waals surface area contributed by atoms with Gasteiger partial charge >= 0.3 is 0 Å². The van der Waals surface area contributed by atoms with Crippen molar-refractivity contribution in [2.45, 2.75) is 0 Å². The molecule has 0 bridgehead atoms. The van der Waals surface area contributed by atoms with Gasteiger partial charge in [-0.15, -0.1) is 0 Å². The normalized spacial score (nSPS) is 12.1. The molecule has 1 amide bonds. The van der Waals surface area contributed by atoms with Gasteiger partial charge in [-0.05, 0) is 18.2 Å². The fraction of sp³-hybridized carbons (Fsp3) is 0.0556. The lowest BCUT2D eigenvalue weighted by Gasteiger charge is -2.05. The van der Waals surface area contributed by atoms with Crippen LogP contribution in [0.15, 0.2) is 54.5 Å². The van der Waals surface area contributed by atoms with E-state index >= 15 is 0 Å². The number of aromatic amines is 2. The molecule has 2 aromatic heterocycles. The number of hydrogen-bond acceptors (Lipinski definition) is 3. The van der Waals surface area contributed by atoms with Gasteiger partial charge in [-0.25, -0.2) is 13.8 Å². The van der Waals surface area contributed by atoms with Gasteiger partial charge in [0.05, 0.1) is 38.5 Å². The van der Waals surface area contributed by atoms with E-state index in [-0.39, 0.29) is 5.69 Å². The van der Waals surface area contributed by atoms with Crippen LogP contribution >= 0.6 is 23.2 Å². The molecule has 144 valence electrons. The Bertz CT molecular complexity index is 1080. The second kappa shape index (κ2) is 8.37. The first-order chi connectivity index (χ1) is 13.4. The summed E-state index contributed by atoms with van der Waals surface area (Å²) in [4.78, 5) is 19.7. The van der Waals surface area contributed by atoms with Crippen LogP contribution in [0.25, 0.3) is 22.6 Å². The van der Waals surface area contributed by atoms with Crippen molar-refractivity contribution < 1.29 is 13.6 Å². The number of allylic oxidation sites excluding steroid dienone is 3. The molecule has 0 spiro atoms. The number of rotatable bonds is 6. The topological polar surface area (TPSA) is 86.5 Å². The maximum Gasteiger partial charge on any atom is 0.258 e. The molecule has 0 saturated carbocycles. The minimum atomic E-state index is -0.889. The van der Waals surface area contributed by atoms with Gasteiger partial charge in [-0.1, -0.05) is 41.9 Å². The van der Waals surface area contributed by atoms with Crippen LogP contribution in [0.3, 0.4) is 0 Å². The van der Waals surface area contributed by atoms with Crippen molar-refractivity contribution >= 4 is 45.8 Å². The Morgan fingerprint density at radius 2 is 2.07 bits per heavy atom. The molecule has 0 aliphatic heterocycles. The quantitative estimate of drug-likeness (QED) is 0.379. The van der Waals surface area contributed by atoms with Crippen molar-refractivity contribution in [2.24, 2.45) is 0 Å². The second-order valence-electron chi connectivity index (χ2n) is 5.56. The summed E-state index contributed by atoms with van der Waals surface area (Å²) in [5.41, 5.74) is 1.41. The van der Waals surface area contributed by atoms with Crippen molar-refractivity contribution in [3.05, 3.63) is 64.6 Å². The second-order valence-corrected chi connectivity index (χ2v) is 6.37. The molecule has 0 aliphatic rings. The fourth-order valence-corrected chi connectivity index (χ4v) is 2.62. The van der Waals surface area contributed by atoms with E-state index in [1.807, 2.05) is 0 Å². The van der Waals surface area contributed by atoms with Crippen LogP contribution in [0, 0.1) is 0 Å². The van der Waals surface area contributed by atoms with Crippen LogP contribution in [0.1, 0.15) is 0 Å². The number of H-pyrrole nitrogens is 2. The number of carbonyl (C=O) groups is 1. The van der Waals surface area contributed by atoms with E-state index in [2.05, 4.69) is 32.1 Å². The molecule has 3 rings (SSSR count). The number of aromatic nitrogens is 4.